The SMILES string of the molecule is CC(=O)N1CCCC1c1cccc(N)c1. The molecular formula is C12H16N2O. The zero-order valence-electron chi connectivity index (χ0n) is 8.94. The molecule has 15 heavy (non-hydrogen) atoms. The van der Waals surface area contributed by atoms with Crippen LogP contribution in [0.3, 0.4) is 0 Å². The Balaban J connectivity index is 2.26. The number of hydrogen-bond acceptors (Lipinski definition) is 2. The number of carbonyl (C=O) groups excluding carboxylic acids is 1. The van der Waals surface area contributed by atoms with Gasteiger partial charge in [0.2, 0.25) is 5.91 Å². The summed E-state index contributed by atoms with van der Waals surface area (Å²) in [5, 5.41) is 0. The number of nitrogen functional groups attached to an aromatic ring is 1. The Kier molecular flexibility index (Phi) is 2.62. The van der Waals surface area contributed by atoms with Crippen molar-refractivity contribution >= 4 is 11.6 Å². The first-order chi connectivity index (χ1) is 7.18. The molecule has 0 saturated carbocycles. The molecule has 1 unspecified atom stereocenters. The predicted octanol–water partition coefficient (Wildman–Crippen LogP) is 1.95. The molecule has 1 atom stereocenters. The van der Waals surface area contributed by atoms with Gasteiger partial charge in [0, 0.05) is 19.2 Å². The first-order valence-electron chi connectivity index (χ1n) is 5.31. The highest BCUT2D eigenvalue weighted by atomic mass is 16.2. The van der Waals surface area contributed by atoms with Crippen LogP contribution in [0.4, 0.5) is 5.69 Å². The van der Waals surface area contributed by atoms with Gasteiger partial charge in [0.25, 0.3) is 0 Å². The maximum absolute atomic E-state index is 11.4. The second kappa shape index (κ2) is 3.93. The molecule has 2 rings (SSSR count). The molecule has 1 saturated heterocycles. The van der Waals surface area contributed by atoms with E-state index in [0.29, 0.717) is 0 Å². The second-order valence-electron chi connectivity index (χ2n) is 4.04. The van der Waals surface area contributed by atoms with Crippen LogP contribution in [0.1, 0.15) is 31.4 Å². The monoisotopic (exact) mass is 204 g/mol. The fourth-order valence-corrected chi connectivity index (χ4v) is 2.26. The van der Waals surface area contributed by atoms with Crippen LogP contribution in [0.15, 0.2) is 24.3 Å². The molecule has 0 bridgehead atoms. The molecule has 1 fully saturated rings. The average Bonchev–Trinajstić information content (AvgIpc) is 2.65. The van der Waals surface area contributed by atoms with E-state index in [2.05, 4.69) is 0 Å². The van der Waals surface area contributed by atoms with Crippen molar-refractivity contribution in [1.29, 1.82) is 0 Å². The molecule has 1 aromatic rings. The maximum Gasteiger partial charge on any atom is 0.219 e. The minimum Gasteiger partial charge on any atom is -0.399 e. The van der Waals surface area contributed by atoms with Crippen LogP contribution < -0.4 is 5.73 Å². The second-order valence-corrected chi connectivity index (χ2v) is 4.04. The van der Waals surface area contributed by atoms with Gasteiger partial charge in [0.05, 0.1) is 6.04 Å². The lowest BCUT2D eigenvalue weighted by Gasteiger charge is -2.23. The van der Waals surface area contributed by atoms with Gasteiger partial charge in [0.15, 0.2) is 0 Å². The lowest BCUT2D eigenvalue weighted by atomic mass is 10.0. The van der Waals surface area contributed by atoms with Gasteiger partial charge in [-0.05, 0) is 30.5 Å². The highest BCUT2D eigenvalue weighted by molar-refractivity contribution is 5.74. The number of nitrogens with zero attached hydrogens (tertiary/aromatic N) is 1. The highest BCUT2D eigenvalue weighted by Gasteiger charge is 2.27. The van der Waals surface area contributed by atoms with Gasteiger partial charge < -0.3 is 10.6 Å². The first-order valence-corrected chi connectivity index (χ1v) is 5.31. The third-order valence-corrected chi connectivity index (χ3v) is 2.95. The Morgan fingerprint density at radius 3 is 3.00 bits per heavy atom. The van der Waals surface area contributed by atoms with Gasteiger partial charge >= 0.3 is 0 Å². The lowest BCUT2D eigenvalue weighted by molar-refractivity contribution is -0.129. The van der Waals surface area contributed by atoms with E-state index in [1.807, 2.05) is 29.2 Å². The Hall–Kier alpha value is -1.51. The van der Waals surface area contributed by atoms with Gasteiger partial charge in [-0.15, -0.1) is 0 Å². The number of anilines is 1. The summed E-state index contributed by atoms with van der Waals surface area (Å²) in [5.41, 5.74) is 7.67. The zero-order chi connectivity index (χ0) is 10.8. The minimum absolute atomic E-state index is 0.153. The lowest BCUT2D eigenvalue weighted by Crippen LogP contribution is -2.28. The predicted molar refractivity (Wildman–Crippen MR) is 60.2 cm³/mol. The fraction of sp³-hybridized carbons (Fsp3) is 0.417. The van der Waals surface area contributed by atoms with Gasteiger partial charge in [-0.3, -0.25) is 4.79 Å². The molecule has 80 valence electrons. The van der Waals surface area contributed by atoms with Crippen molar-refractivity contribution in [3.8, 4) is 0 Å². The largest absolute Gasteiger partial charge is 0.399 e. The summed E-state index contributed by atoms with van der Waals surface area (Å²) < 4.78 is 0. The molecule has 1 aliphatic heterocycles. The molecule has 3 nitrogen and oxygen atoms in total. The number of rotatable bonds is 1. The minimum atomic E-state index is 0.153. The highest BCUT2D eigenvalue weighted by Crippen LogP contribution is 2.32. The molecule has 0 spiro atoms. The van der Waals surface area contributed by atoms with Gasteiger partial charge in [-0.1, -0.05) is 12.1 Å². The number of likely N-dealkylation sites (tertiary alicyclic amines) is 1. The molecule has 1 heterocycles. The third-order valence-electron chi connectivity index (χ3n) is 2.95. The molecule has 0 radical (unpaired) electrons. The van der Waals surface area contributed by atoms with Crippen molar-refractivity contribution < 1.29 is 4.79 Å². The quantitative estimate of drug-likeness (QED) is 0.711. The Morgan fingerprint density at radius 2 is 2.33 bits per heavy atom. The summed E-state index contributed by atoms with van der Waals surface area (Å²) >= 11 is 0. The van der Waals surface area contributed by atoms with Gasteiger partial charge in [0.1, 0.15) is 0 Å². The van der Waals surface area contributed by atoms with Crippen molar-refractivity contribution in [1.82, 2.24) is 4.90 Å². The summed E-state index contributed by atoms with van der Waals surface area (Å²) in [4.78, 5) is 13.3. The van der Waals surface area contributed by atoms with Crippen LogP contribution >= 0.6 is 0 Å². The van der Waals surface area contributed by atoms with Crippen LogP contribution in [-0.4, -0.2) is 17.4 Å². The summed E-state index contributed by atoms with van der Waals surface area (Å²) in [6, 6.07) is 8.05. The van der Waals surface area contributed by atoms with Crippen LogP contribution in [0.25, 0.3) is 0 Å². The van der Waals surface area contributed by atoms with Gasteiger partial charge in [-0.2, -0.15) is 0 Å². The van der Waals surface area contributed by atoms with E-state index in [1.54, 1.807) is 6.92 Å². The standard InChI is InChI=1S/C12H16N2O/c1-9(15)14-7-3-6-12(14)10-4-2-5-11(13)8-10/h2,4-5,8,12H,3,6-7,13H2,1H3. The van der Waals surface area contributed by atoms with Crippen molar-refractivity contribution in [3.63, 3.8) is 0 Å². The van der Waals surface area contributed by atoms with Crippen LogP contribution in [0.2, 0.25) is 0 Å². The Labute approximate surface area is 89.9 Å². The summed E-state index contributed by atoms with van der Waals surface area (Å²) in [6.45, 7) is 2.50. The molecule has 1 aromatic carbocycles. The van der Waals surface area contributed by atoms with Crippen LogP contribution in [0.5, 0.6) is 0 Å². The van der Waals surface area contributed by atoms with Gasteiger partial charge in [-0.25, -0.2) is 0 Å². The van der Waals surface area contributed by atoms with E-state index in [4.69, 9.17) is 5.73 Å². The van der Waals surface area contributed by atoms with E-state index < -0.39 is 0 Å². The number of hydrogen-bond donors (Lipinski definition) is 1. The third kappa shape index (κ3) is 1.96. The number of amides is 1. The fourth-order valence-electron chi connectivity index (χ4n) is 2.26. The van der Waals surface area contributed by atoms with Crippen molar-refractivity contribution in [2.45, 2.75) is 25.8 Å². The van der Waals surface area contributed by atoms with E-state index in [1.165, 1.54) is 0 Å². The smallest absolute Gasteiger partial charge is 0.219 e. The van der Waals surface area contributed by atoms with E-state index in [9.17, 15) is 4.79 Å². The van der Waals surface area contributed by atoms with Crippen molar-refractivity contribution in [2.75, 3.05) is 12.3 Å². The molecule has 3 heteroatoms. The summed E-state index contributed by atoms with van der Waals surface area (Å²) in [7, 11) is 0. The Morgan fingerprint density at radius 1 is 1.53 bits per heavy atom. The summed E-state index contributed by atoms with van der Waals surface area (Å²) in [6.07, 6.45) is 2.13. The zero-order valence-corrected chi connectivity index (χ0v) is 8.94. The molecule has 2 N–H and O–H groups in total. The number of benzene rings is 1. The van der Waals surface area contributed by atoms with E-state index in [-0.39, 0.29) is 11.9 Å². The number of nitrogens with two attached hydrogens (primary N) is 1. The molecule has 0 aliphatic carbocycles. The number of carbonyl (C=O) groups is 1. The molecular weight excluding hydrogens is 188 g/mol. The normalized spacial score (nSPS) is 20.6. The first kappa shape index (κ1) is 10.0. The van der Waals surface area contributed by atoms with E-state index >= 15 is 0 Å². The summed E-state index contributed by atoms with van der Waals surface area (Å²) in [5.74, 6) is 0.153. The molecule has 0 aromatic heterocycles. The Bertz CT molecular complexity index is 376. The average molecular weight is 204 g/mol. The maximum atomic E-state index is 11.4. The topological polar surface area (TPSA) is 46.3 Å². The van der Waals surface area contributed by atoms with Crippen LogP contribution in [0, 0.1) is 0 Å². The van der Waals surface area contributed by atoms with Crippen LogP contribution in [-0.2, 0) is 4.79 Å². The molecule has 1 aliphatic rings. The van der Waals surface area contributed by atoms with Crippen molar-refractivity contribution in [2.24, 2.45) is 0 Å². The van der Waals surface area contributed by atoms with Crippen molar-refractivity contribution in [3.05, 3.63) is 29.8 Å². The van der Waals surface area contributed by atoms with E-state index in [0.717, 1.165) is 30.6 Å². The molecule has 1 amide bonds.